The molecule has 5 nitrogen and oxygen atoms in total. The average Bonchev–Trinajstić information content (AvgIpc) is 2.93. The minimum Gasteiger partial charge on any atom is -0.478 e. The van der Waals surface area contributed by atoms with E-state index in [4.69, 9.17) is 14.4 Å². The number of carboxylic acids is 1. The van der Waals surface area contributed by atoms with E-state index in [2.05, 4.69) is 5.16 Å². The maximum atomic E-state index is 11.1. The molecule has 1 aliphatic rings. The average molecular weight is 245 g/mol. The zero-order valence-corrected chi connectivity index (χ0v) is 9.71. The Morgan fingerprint density at radius 1 is 1.44 bits per heavy atom. The molecule has 5 heteroatoms. The fraction of sp³-hybridized carbons (Fsp3) is 0.231. The molecule has 2 heterocycles. The highest BCUT2D eigenvalue weighted by molar-refractivity contribution is 6.12. The zero-order chi connectivity index (χ0) is 12.8. The molecule has 0 radical (unpaired) electrons. The first-order chi connectivity index (χ1) is 8.60. The zero-order valence-electron chi connectivity index (χ0n) is 9.71. The van der Waals surface area contributed by atoms with Gasteiger partial charge in [0.2, 0.25) is 5.60 Å². The van der Waals surface area contributed by atoms with Crippen LogP contribution >= 0.6 is 0 Å². The first kappa shape index (κ1) is 10.8. The van der Waals surface area contributed by atoms with Crippen molar-refractivity contribution >= 4 is 22.7 Å². The van der Waals surface area contributed by atoms with E-state index >= 15 is 0 Å². The predicted molar refractivity (Wildman–Crippen MR) is 64.5 cm³/mol. The van der Waals surface area contributed by atoms with E-state index in [1.807, 2.05) is 24.3 Å². The maximum Gasteiger partial charge on any atom is 0.351 e. The van der Waals surface area contributed by atoms with Gasteiger partial charge in [-0.3, -0.25) is 0 Å². The van der Waals surface area contributed by atoms with Gasteiger partial charge in [0, 0.05) is 17.4 Å². The van der Waals surface area contributed by atoms with E-state index < -0.39 is 11.6 Å². The van der Waals surface area contributed by atoms with Crippen molar-refractivity contribution in [2.75, 3.05) is 0 Å². The topological polar surface area (TPSA) is 72.0 Å². The molecule has 2 aromatic rings. The van der Waals surface area contributed by atoms with Gasteiger partial charge >= 0.3 is 5.97 Å². The quantitative estimate of drug-likeness (QED) is 0.881. The van der Waals surface area contributed by atoms with Gasteiger partial charge in [0.25, 0.3) is 0 Å². The SMILES string of the molecule is CC1(C(=O)O)CC(c2coc3ccccc23)=NO1. The molecule has 1 unspecified atom stereocenters. The van der Waals surface area contributed by atoms with Crippen molar-refractivity contribution in [1.82, 2.24) is 0 Å². The Balaban J connectivity index is 2.00. The van der Waals surface area contributed by atoms with Crippen LogP contribution < -0.4 is 0 Å². The lowest BCUT2D eigenvalue weighted by atomic mass is 9.96. The van der Waals surface area contributed by atoms with Crippen LogP contribution in [-0.4, -0.2) is 22.4 Å². The van der Waals surface area contributed by atoms with E-state index in [1.165, 1.54) is 6.92 Å². The Labute approximate surface area is 103 Å². The van der Waals surface area contributed by atoms with Crippen LogP contribution in [0.25, 0.3) is 11.0 Å². The summed E-state index contributed by atoms with van der Waals surface area (Å²) in [7, 11) is 0. The molecular formula is C13H11NO4. The summed E-state index contributed by atoms with van der Waals surface area (Å²) in [5.41, 5.74) is 0.854. The summed E-state index contributed by atoms with van der Waals surface area (Å²) in [5.74, 6) is -1.02. The Bertz CT molecular complexity index is 658. The molecular weight excluding hydrogens is 234 g/mol. The largest absolute Gasteiger partial charge is 0.478 e. The summed E-state index contributed by atoms with van der Waals surface area (Å²) in [6.07, 6.45) is 1.81. The fourth-order valence-electron chi connectivity index (χ4n) is 2.00. The molecule has 1 aliphatic heterocycles. The highest BCUT2D eigenvalue weighted by Gasteiger charge is 2.42. The van der Waals surface area contributed by atoms with Gasteiger partial charge in [0.15, 0.2) is 0 Å². The minimum absolute atomic E-state index is 0.228. The standard InChI is InChI=1S/C13H11NO4/c1-13(12(15)16)6-10(14-18-13)9-7-17-11-5-3-2-4-8(9)11/h2-5,7H,6H2,1H3,(H,15,16). The maximum absolute atomic E-state index is 11.1. The molecule has 0 fully saturated rings. The second-order valence-electron chi connectivity index (χ2n) is 4.49. The summed E-state index contributed by atoms with van der Waals surface area (Å²) < 4.78 is 5.41. The monoisotopic (exact) mass is 245 g/mol. The van der Waals surface area contributed by atoms with Gasteiger partial charge in [-0.1, -0.05) is 23.4 Å². The van der Waals surface area contributed by atoms with Gasteiger partial charge in [-0.25, -0.2) is 4.79 Å². The Morgan fingerprint density at radius 2 is 2.22 bits per heavy atom. The Hall–Kier alpha value is -2.30. The second kappa shape index (κ2) is 3.60. The highest BCUT2D eigenvalue weighted by atomic mass is 16.7. The Morgan fingerprint density at radius 3 is 2.94 bits per heavy atom. The summed E-state index contributed by atoms with van der Waals surface area (Å²) in [5, 5.41) is 13.9. The molecule has 0 bridgehead atoms. The van der Waals surface area contributed by atoms with E-state index in [0.29, 0.717) is 5.71 Å². The van der Waals surface area contributed by atoms with Crippen molar-refractivity contribution in [1.29, 1.82) is 0 Å². The van der Waals surface area contributed by atoms with Gasteiger partial charge in [-0.05, 0) is 13.0 Å². The van der Waals surface area contributed by atoms with Crippen molar-refractivity contribution in [2.45, 2.75) is 18.9 Å². The molecule has 1 aromatic carbocycles. The van der Waals surface area contributed by atoms with E-state index in [1.54, 1.807) is 6.26 Å². The van der Waals surface area contributed by atoms with E-state index in [9.17, 15) is 4.79 Å². The molecule has 0 amide bonds. The van der Waals surface area contributed by atoms with Crippen LogP contribution in [0.4, 0.5) is 0 Å². The minimum atomic E-state index is -1.28. The van der Waals surface area contributed by atoms with Crippen molar-refractivity contribution < 1.29 is 19.2 Å². The molecule has 0 saturated carbocycles. The first-order valence-corrected chi connectivity index (χ1v) is 5.55. The molecule has 0 saturated heterocycles. The molecule has 18 heavy (non-hydrogen) atoms. The van der Waals surface area contributed by atoms with E-state index in [-0.39, 0.29) is 6.42 Å². The molecule has 1 N–H and O–H groups in total. The molecule has 92 valence electrons. The summed E-state index contributed by atoms with van der Waals surface area (Å²) in [6, 6.07) is 7.54. The number of benzene rings is 1. The van der Waals surface area contributed by atoms with E-state index in [0.717, 1.165) is 16.5 Å². The number of aliphatic carboxylic acids is 1. The molecule has 3 rings (SSSR count). The van der Waals surface area contributed by atoms with Crippen LogP contribution in [0, 0.1) is 0 Å². The smallest absolute Gasteiger partial charge is 0.351 e. The lowest BCUT2D eigenvalue weighted by molar-refractivity contribution is -0.160. The first-order valence-electron chi connectivity index (χ1n) is 5.55. The number of para-hydroxylation sites is 1. The van der Waals surface area contributed by atoms with Crippen molar-refractivity contribution in [2.24, 2.45) is 5.16 Å². The normalized spacial score (nSPS) is 22.8. The second-order valence-corrected chi connectivity index (χ2v) is 4.49. The molecule has 1 aromatic heterocycles. The highest BCUT2D eigenvalue weighted by Crippen LogP contribution is 2.30. The van der Waals surface area contributed by atoms with Crippen molar-refractivity contribution in [3.8, 4) is 0 Å². The van der Waals surface area contributed by atoms with Gasteiger partial charge in [0.05, 0.1) is 5.71 Å². The van der Waals surface area contributed by atoms with Crippen LogP contribution in [0.3, 0.4) is 0 Å². The lowest BCUT2D eigenvalue weighted by Crippen LogP contribution is -2.35. The van der Waals surface area contributed by atoms with Crippen LogP contribution in [0.15, 0.2) is 40.1 Å². The number of fused-ring (bicyclic) bond motifs is 1. The summed E-state index contributed by atoms with van der Waals surface area (Å²) in [6.45, 7) is 1.51. The fourth-order valence-corrected chi connectivity index (χ4v) is 2.00. The van der Waals surface area contributed by atoms with Crippen molar-refractivity contribution in [3.05, 3.63) is 36.1 Å². The number of rotatable bonds is 2. The van der Waals surface area contributed by atoms with Gasteiger partial charge < -0.3 is 14.4 Å². The lowest BCUT2D eigenvalue weighted by Gasteiger charge is -2.14. The van der Waals surface area contributed by atoms with Gasteiger partial charge in [-0.2, -0.15) is 0 Å². The summed E-state index contributed by atoms with van der Waals surface area (Å²) in [4.78, 5) is 16.1. The van der Waals surface area contributed by atoms with Crippen LogP contribution in [0.2, 0.25) is 0 Å². The number of nitrogens with zero attached hydrogens (tertiary/aromatic N) is 1. The molecule has 1 atom stereocenters. The summed E-state index contributed by atoms with van der Waals surface area (Å²) >= 11 is 0. The third-order valence-corrected chi connectivity index (χ3v) is 3.11. The molecule has 0 spiro atoms. The van der Waals surface area contributed by atoms with Crippen LogP contribution in [0.1, 0.15) is 18.9 Å². The van der Waals surface area contributed by atoms with Gasteiger partial charge in [-0.15, -0.1) is 0 Å². The number of hydrogen-bond acceptors (Lipinski definition) is 4. The van der Waals surface area contributed by atoms with Gasteiger partial charge in [0.1, 0.15) is 11.8 Å². The number of furan rings is 1. The van der Waals surface area contributed by atoms with Crippen LogP contribution in [-0.2, 0) is 9.63 Å². The third-order valence-electron chi connectivity index (χ3n) is 3.11. The van der Waals surface area contributed by atoms with Crippen LogP contribution in [0.5, 0.6) is 0 Å². The number of carboxylic acid groups (broad SMARTS) is 1. The third kappa shape index (κ3) is 1.48. The predicted octanol–water partition coefficient (Wildman–Crippen LogP) is 2.40. The van der Waals surface area contributed by atoms with Crippen molar-refractivity contribution in [3.63, 3.8) is 0 Å². The Kier molecular flexibility index (Phi) is 2.16. The number of carbonyl (C=O) groups is 1. The molecule has 0 aliphatic carbocycles. The number of oxime groups is 1. The number of hydrogen-bond donors (Lipinski definition) is 1.